The molecule has 1 aromatic rings. The number of likely N-dealkylation sites (tertiary alicyclic amines) is 1. The molecule has 1 saturated heterocycles. The summed E-state index contributed by atoms with van der Waals surface area (Å²) in [7, 11) is 0. The molecule has 4 nitrogen and oxygen atoms in total. The zero-order valence-corrected chi connectivity index (χ0v) is 16.8. The number of nitrogens with one attached hydrogen (secondary N) is 1. The predicted molar refractivity (Wildman–Crippen MR) is 111 cm³/mol. The molecule has 0 radical (unpaired) electrons. The zero-order chi connectivity index (χ0) is 16.5. The van der Waals surface area contributed by atoms with Gasteiger partial charge in [0.25, 0.3) is 0 Å². The minimum atomic E-state index is 0. The van der Waals surface area contributed by atoms with Crippen molar-refractivity contribution in [2.24, 2.45) is 5.92 Å². The Morgan fingerprint density at radius 3 is 2.56 bits per heavy atom. The van der Waals surface area contributed by atoms with Crippen LogP contribution in [0.1, 0.15) is 44.6 Å². The number of amides is 1. The lowest BCUT2D eigenvalue weighted by Crippen LogP contribution is -2.34. The number of halogens is 2. The number of benzene rings is 1. The van der Waals surface area contributed by atoms with Crippen LogP contribution < -0.4 is 11.1 Å². The third-order valence-electron chi connectivity index (χ3n) is 4.78. The first-order valence-corrected chi connectivity index (χ1v) is 8.97. The number of piperidine rings is 1. The predicted octanol–water partition coefficient (Wildman–Crippen LogP) is 3.67. The molecular weight excluding hydrogens is 357 g/mol. The monoisotopic (exact) mass is 389 g/mol. The van der Waals surface area contributed by atoms with E-state index in [-0.39, 0.29) is 30.7 Å². The van der Waals surface area contributed by atoms with E-state index < -0.39 is 0 Å². The van der Waals surface area contributed by atoms with Gasteiger partial charge in [0.15, 0.2) is 0 Å². The van der Waals surface area contributed by atoms with Crippen molar-refractivity contribution in [3.8, 4) is 0 Å². The van der Waals surface area contributed by atoms with Crippen LogP contribution in [0, 0.1) is 5.92 Å². The molecule has 1 aliphatic rings. The van der Waals surface area contributed by atoms with Crippen molar-refractivity contribution >= 4 is 36.4 Å². The minimum absolute atomic E-state index is 0. The van der Waals surface area contributed by atoms with Crippen molar-refractivity contribution in [2.45, 2.75) is 45.4 Å². The molecule has 25 heavy (non-hydrogen) atoms. The van der Waals surface area contributed by atoms with Crippen LogP contribution in [0.25, 0.3) is 0 Å². The molecule has 2 rings (SSSR count). The van der Waals surface area contributed by atoms with E-state index in [0.29, 0.717) is 12.8 Å². The standard InChI is InChI=1S/C19H31N3O.2ClH/c1-16-10-14-22(15-11-16)13-5-4-12-21-19(23)9-8-17-6-2-3-7-18(17)20;;/h2-3,6-7,16H,4-5,8-15,20H2,1H3,(H,21,23);2*1H. The summed E-state index contributed by atoms with van der Waals surface area (Å²) in [6.07, 6.45) is 6.12. The SMILES string of the molecule is CC1CCN(CCCCNC(=O)CCc2ccccc2N)CC1.Cl.Cl. The first kappa shape index (κ1) is 24.0. The maximum absolute atomic E-state index is 11.9. The summed E-state index contributed by atoms with van der Waals surface area (Å²) in [5.74, 6) is 1.02. The highest BCUT2D eigenvalue weighted by molar-refractivity contribution is 5.85. The second-order valence-electron chi connectivity index (χ2n) is 6.78. The van der Waals surface area contributed by atoms with Crippen LogP contribution in [0.15, 0.2) is 24.3 Å². The fraction of sp³-hybridized carbons (Fsp3) is 0.632. The van der Waals surface area contributed by atoms with Crippen LogP contribution in [0.2, 0.25) is 0 Å². The molecule has 1 heterocycles. The highest BCUT2D eigenvalue weighted by Crippen LogP contribution is 2.16. The van der Waals surface area contributed by atoms with Crippen molar-refractivity contribution in [1.29, 1.82) is 0 Å². The van der Waals surface area contributed by atoms with E-state index in [4.69, 9.17) is 5.73 Å². The third kappa shape index (κ3) is 9.34. The van der Waals surface area contributed by atoms with Gasteiger partial charge in [-0.15, -0.1) is 24.8 Å². The highest BCUT2D eigenvalue weighted by atomic mass is 35.5. The fourth-order valence-corrected chi connectivity index (χ4v) is 3.07. The van der Waals surface area contributed by atoms with Crippen LogP contribution >= 0.6 is 24.8 Å². The van der Waals surface area contributed by atoms with Gasteiger partial charge >= 0.3 is 0 Å². The summed E-state index contributed by atoms with van der Waals surface area (Å²) < 4.78 is 0. The lowest BCUT2D eigenvalue weighted by Gasteiger charge is -2.30. The Hall–Kier alpha value is -0.970. The first-order chi connectivity index (χ1) is 11.1. The maximum atomic E-state index is 11.9. The smallest absolute Gasteiger partial charge is 0.220 e. The molecule has 0 bridgehead atoms. The van der Waals surface area contributed by atoms with E-state index in [1.807, 2.05) is 24.3 Å². The Balaban J connectivity index is 0.00000288. The van der Waals surface area contributed by atoms with Crippen LogP contribution in [0.4, 0.5) is 5.69 Å². The van der Waals surface area contributed by atoms with E-state index in [9.17, 15) is 4.79 Å². The minimum Gasteiger partial charge on any atom is -0.399 e. The number of nitrogens with two attached hydrogens (primary N) is 1. The van der Waals surface area contributed by atoms with Gasteiger partial charge in [-0.1, -0.05) is 25.1 Å². The summed E-state index contributed by atoms with van der Waals surface area (Å²) >= 11 is 0. The third-order valence-corrected chi connectivity index (χ3v) is 4.78. The molecule has 1 amide bonds. The molecule has 0 unspecified atom stereocenters. The number of anilines is 1. The molecule has 0 spiro atoms. The number of para-hydroxylation sites is 1. The van der Waals surface area contributed by atoms with E-state index in [1.165, 1.54) is 38.9 Å². The molecule has 0 aromatic heterocycles. The largest absolute Gasteiger partial charge is 0.399 e. The average Bonchev–Trinajstić information content (AvgIpc) is 2.55. The number of hydrogen-bond acceptors (Lipinski definition) is 3. The van der Waals surface area contributed by atoms with Crippen LogP contribution in [0.3, 0.4) is 0 Å². The molecule has 144 valence electrons. The van der Waals surface area contributed by atoms with Crippen molar-refractivity contribution in [2.75, 3.05) is 31.9 Å². The molecule has 1 aromatic carbocycles. The van der Waals surface area contributed by atoms with Gasteiger partial charge in [-0.25, -0.2) is 0 Å². The molecule has 1 aliphatic heterocycles. The Bertz CT molecular complexity index is 491. The van der Waals surface area contributed by atoms with Crippen LogP contribution in [-0.4, -0.2) is 37.0 Å². The second-order valence-corrected chi connectivity index (χ2v) is 6.78. The molecule has 1 fully saturated rings. The summed E-state index contributed by atoms with van der Waals surface area (Å²) in [5, 5.41) is 3.02. The number of aryl methyl sites for hydroxylation is 1. The van der Waals surface area contributed by atoms with Gasteiger partial charge < -0.3 is 16.0 Å². The van der Waals surface area contributed by atoms with E-state index in [1.54, 1.807) is 0 Å². The zero-order valence-electron chi connectivity index (χ0n) is 15.2. The van der Waals surface area contributed by atoms with Crippen LogP contribution in [-0.2, 0) is 11.2 Å². The lowest BCUT2D eigenvalue weighted by atomic mass is 9.99. The number of nitrogens with zero attached hydrogens (tertiary/aromatic N) is 1. The number of hydrogen-bond donors (Lipinski definition) is 2. The van der Waals surface area contributed by atoms with Gasteiger partial charge in [-0.05, 0) is 69.3 Å². The van der Waals surface area contributed by atoms with Crippen molar-refractivity contribution in [1.82, 2.24) is 10.2 Å². The number of rotatable bonds is 8. The van der Waals surface area contributed by atoms with Crippen molar-refractivity contribution < 1.29 is 4.79 Å². The van der Waals surface area contributed by atoms with Gasteiger partial charge in [-0.2, -0.15) is 0 Å². The Morgan fingerprint density at radius 1 is 1.20 bits per heavy atom. The van der Waals surface area contributed by atoms with Gasteiger partial charge in [0.2, 0.25) is 5.91 Å². The first-order valence-electron chi connectivity index (χ1n) is 8.97. The summed E-state index contributed by atoms with van der Waals surface area (Å²) in [6, 6.07) is 7.75. The number of nitrogen functional groups attached to an aromatic ring is 1. The summed E-state index contributed by atoms with van der Waals surface area (Å²) in [4.78, 5) is 14.4. The number of carbonyl (C=O) groups excluding carboxylic acids is 1. The molecule has 0 aliphatic carbocycles. The van der Waals surface area contributed by atoms with E-state index in [0.717, 1.165) is 30.1 Å². The number of carbonyl (C=O) groups is 1. The average molecular weight is 390 g/mol. The van der Waals surface area contributed by atoms with Crippen LogP contribution in [0.5, 0.6) is 0 Å². The van der Waals surface area contributed by atoms with Crippen molar-refractivity contribution in [3.63, 3.8) is 0 Å². The summed E-state index contributed by atoms with van der Waals surface area (Å²) in [6.45, 7) is 6.78. The molecule has 3 N–H and O–H groups in total. The van der Waals surface area contributed by atoms with E-state index in [2.05, 4.69) is 17.1 Å². The van der Waals surface area contributed by atoms with E-state index >= 15 is 0 Å². The Kier molecular flexibility index (Phi) is 12.7. The molecule has 6 heteroatoms. The topological polar surface area (TPSA) is 58.4 Å². The second kappa shape index (κ2) is 13.3. The normalized spacial score (nSPS) is 15.1. The molecular formula is C19H33Cl2N3O. The number of unbranched alkanes of at least 4 members (excludes halogenated alkanes) is 1. The molecule has 0 saturated carbocycles. The molecule has 0 atom stereocenters. The highest BCUT2D eigenvalue weighted by Gasteiger charge is 2.14. The van der Waals surface area contributed by atoms with Gasteiger partial charge in [-0.3, -0.25) is 4.79 Å². The fourth-order valence-electron chi connectivity index (χ4n) is 3.07. The van der Waals surface area contributed by atoms with Gasteiger partial charge in [0.05, 0.1) is 0 Å². The summed E-state index contributed by atoms with van der Waals surface area (Å²) in [5.41, 5.74) is 7.72. The maximum Gasteiger partial charge on any atom is 0.220 e. The van der Waals surface area contributed by atoms with Gasteiger partial charge in [0.1, 0.15) is 0 Å². The quantitative estimate of drug-likeness (QED) is 0.526. The van der Waals surface area contributed by atoms with Crippen molar-refractivity contribution in [3.05, 3.63) is 29.8 Å². The lowest BCUT2D eigenvalue weighted by molar-refractivity contribution is -0.121. The Labute approximate surface area is 164 Å². The Morgan fingerprint density at radius 2 is 1.88 bits per heavy atom. The van der Waals surface area contributed by atoms with Gasteiger partial charge in [0, 0.05) is 18.7 Å².